The molecule has 1 saturated heterocycles. The molecule has 0 bridgehead atoms. The highest BCUT2D eigenvalue weighted by Crippen LogP contribution is 2.27. The Morgan fingerprint density at radius 1 is 1.41 bits per heavy atom. The minimum absolute atomic E-state index is 0.657. The van der Waals surface area contributed by atoms with Gasteiger partial charge in [0.2, 0.25) is 0 Å². The van der Waals surface area contributed by atoms with Crippen LogP contribution in [-0.2, 0) is 24.3 Å². The molecule has 1 aromatic heterocycles. The van der Waals surface area contributed by atoms with Crippen LogP contribution in [0, 0.1) is 0 Å². The van der Waals surface area contributed by atoms with Crippen molar-refractivity contribution in [3.8, 4) is 0 Å². The molecule has 0 amide bonds. The number of anilines is 2. The van der Waals surface area contributed by atoms with E-state index in [2.05, 4.69) is 16.9 Å². The van der Waals surface area contributed by atoms with Crippen molar-refractivity contribution in [1.29, 1.82) is 0 Å². The highest BCUT2D eigenvalue weighted by molar-refractivity contribution is 7.85. The molecule has 1 fully saturated rings. The number of hydrogen-bond donors (Lipinski definition) is 1. The summed E-state index contributed by atoms with van der Waals surface area (Å²) in [6.07, 6.45) is 1.96. The number of nitrogens with zero attached hydrogens (tertiary/aromatic N) is 3. The summed E-state index contributed by atoms with van der Waals surface area (Å²) in [5.74, 6) is 2.45. The SMILES string of the molecule is CCCc1nn(C)c(N2CCS(=O)CC2)c1N. The molecule has 5 nitrogen and oxygen atoms in total. The monoisotopic (exact) mass is 256 g/mol. The summed E-state index contributed by atoms with van der Waals surface area (Å²) in [6.45, 7) is 3.74. The maximum absolute atomic E-state index is 11.3. The van der Waals surface area contributed by atoms with Gasteiger partial charge in [0, 0.05) is 42.4 Å². The van der Waals surface area contributed by atoms with Gasteiger partial charge in [-0.1, -0.05) is 13.3 Å². The van der Waals surface area contributed by atoms with Gasteiger partial charge in [-0.2, -0.15) is 5.10 Å². The van der Waals surface area contributed by atoms with Crippen molar-refractivity contribution in [2.45, 2.75) is 19.8 Å². The number of aromatic nitrogens is 2. The zero-order chi connectivity index (χ0) is 12.4. The Morgan fingerprint density at radius 2 is 2.06 bits per heavy atom. The predicted octanol–water partition coefficient (Wildman–Crippen LogP) is 0.523. The molecule has 1 aliphatic rings. The summed E-state index contributed by atoms with van der Waals surface area (Å²) in [5.41, 5.74) is 7.93. The molecular weight excluding hydrogens is 236 g/mol. The van der Waals surface area contributed by atoms with E-state index in [0.29, 0.717) is 0 Å². The number of hydrogen-bond acceptors (Lipinski definition) is 4. The van der Waals surface area contributed by atoms with E-state index in [0.717, 1.165) is 54.6 Å². The van der Waals surface area contributed by atoms with Crippen molar-refractivity contribution in [3.63, 3.8) is 0 Å². The molecule has 0 radical (unpaired) electrons. The van der Waals surface area contributed by atoms with Gasteiger partial charge in [-0.15, -0.1) is 0 Å². The van der Waals surface area contributed by atoms with Gasteiger partial charge in [-0.3, -0.25) is 8.89 Å². The quantitative estimate of drug-likeness (QED) is 0.856. The summed E-state index contributed by atoms with van der Waals surface area (Å²) >= 11 is 0. The maximum Gasteiger partial charge on any atom is 0.150 e. The molecule has 1 aliphatic heterocycles. The number of rotatable bonds is 3. The van der Waals surface area contributed by atoms with Crippen LogP contribution >= 0.6 is 0 Å². The third kappa shape index (κ3) is 2.46. The second kappa shape index (κ2) is 5.08. The summed E-state index contributed by atoms with van der Waals surface area (Å²) < 4.78 is 13.2. The Balaban J connectivity index is 2.22. The zero-order valence-corrected chi connectivity index (χ0v) is 11.3. The molecule has 17 heavy (non-hydrogen) atoms. The summed E-state index contributed by atoms with van der Waals surface area (Å²) in [7, 11) is 1.27. The first kappa shape index (κ1) is 12.4. The molecule has 0 atom stereocenters. The van der Waals surface area contributed by atoms with Crippen molar-refractivity contribution in [2.75, 3.05) is 35.2 Å². The normalized spacial score (nSPS) is 17.6. The highest BCUT2D eigenvalue weighted by atomic mass is 32.2. The van der Waals surface area contributed by atoms with E-state index >= 15 is 0 Å². The smallest absolute Gasteiger partial charge is 0.150 e. The zero-order valence-electron chi connectivity index (χ0n) is 10.5. The van der Waals surface area contributed by atoms with Crippen LogP contribution in [0.2, 0.25) is 0 Å². The number of aryl methyl sites for hydroxylation is 2. The van der Waals surface area contributed by atoms with Gasteiger partial charge in [-0.05, 0) is 6.42 Å². The molecule has 1 aromatic rings. The van der Waals surface area contributed by atoms with E-state index in [1.165, 1.54) is 0 Å². The lowest BCUT2D eigenvalue weighted by Crippen LogP contribution is -2.39. The molecule has 96 valence electrons. The Labute approximate surface area is 104 Å². The average molecular weight is 256 g/mol. The summed E-state index contributed by atoms with van der Waals surface area (Å²) in [5, 5.41) is 4.47. The van der Waals surface area contributed by atoms with Crippen LogP contribution < -0.4 is 10.6 Å². The van der Waals surface area contributed by atoms with Crippen molar-refractivity contribution in [1.82, 2.24) is 9.78 Å². The van der Waals surface area contributed by atoms with Crippen molar-refractivity contribution < 1.29 is 4.21 Å². The Hall–Kier alpha value is -1.04. The largest absolute Gasteiger partial charge is 0.394 e. The van der Waals surface area contributed by atoms with Gasteiger partial charge < -0.3 is 10.6 Å². The third-order valence-electron chi connectivity index (χ3n) is 3.09. The topological polar surface area (TPSA) is 64.2 Å². The van der Waals surface area contributed by atoms with Crippen LogP contribution in [0.1, 0.15) is 19.0 Å². The lowest BCUT2D eigenvalue weighted by Gasteiger charge is -2.28. The maximum atomic E-state index is 11.3. The van der Waals surface area contributed by atoms with Crippen LogP contribution in [0.4, 0.5) is 11.5 Å². The molecule has 0 spiro atoms. The summed E-state index contributed by atoms with van der Waals surface area (Å²) in [6, 6.07) is 0. The lowest BCUT2D eigenvalue weighted by atomic mass is 10.2. The van der Waals surface area contributed by atoms with E-state index in [4.69, 9.17) is 5.73 Å². The number of nitrogens with two attached hydrogens (primary N) is 1. The molecule has 2 N–H and O–H groups in total. The Morgan fingerprint density at radius 3 is 2.65 bits per heavy atom. The molecule has 6 heteroatoms. The van der Waals surface area contributed by atoms with Gasteiger partial charge in [0.1, 0.15) is 5.82 Å². The van der Waals surface area contributed by atoms with Crippen LogP contribution in [0.5, 0.6) is 0 Å². The van der Waals surface area contributed by atoms with Crippen molar-refractivity contribution in [2.24, 2.45) is 7.05 Å². The van der Waals surface area contributed by atoms with Crippen LogP contribution in [0.25, 0.3) is 0 Å². The molecule has 0 unspecified atom stereocenters. The van der Waals surface area contributed by atoms with Gasteiger partial charge in [0.05, 0.1) is 11.4 Å². The molecule has 0 saturated carbocycles. The van der Waals surface area contributed by atoms with Crippen molar-refractivity contribution in [3.05, 3.63) is 5.69 Å². The highest BCUT2D eigenvalue weighted by Gasteiger charge is 2.22. The first-order valence-electron chi connectivity index (χ1n) is 6.04. The minimum atomic E-state index is -0.657. The molecule has 0 aromatic carbocycles. The molecule has 2 rings (SSSR count). The van der Waals surface area contributed by atoms with E-state index in [-0.39, 0.29) is 0 Å². The minimum Gasteiger partial charge on any atom is -0.394 e. The second-order valence-electron chi connectivity index (χ2n) is 4.39. The average Bonchev–Trinajstić information content (AvgIpc) is 2.57. The van der Waals surface area contributed by atoms with E-state index < -0.39 is 10.8 Å². The standard InChI is InChI=1S/C11H20N4OS/c1-3-4-9-10(12)11(14(2)13-9)15-5-7-17(16)8-6-15/h3-8,12H2,1-2H3. The summed E-state index contributed by atoms with van der Waals surface area (Å²) in [4.78, 5) is 2.20. The molecular formula is C11H20N4OS. The predicted molar refractivity (Wildman–Crippen MR) is 71.7 cm³/mol. The Kier molecular flexibility index (Phi) is 3.71. The van der Waals surface area contributed by atoms with E-state index in [1.807, 2.05) is 11.7 Å². The lowest BCUT2D eigenvalue weighted by molar-refractivity contribution is 0.664. The fourth-order valence-electron chi connectivity index (χ4n) is 2.23. The van der Waals surface area contributed by atoms with Crippen LogP contribution in [-0.4, -0.2) is 38.6 Å². The van der Waals surface area contributed by atoms with Gasteiger partial charge in [0.25, 0.3) is 0 Å². The van der Waals surface area contributed by atoms with E-state index in [9.17, 15) is 4.21 Å². The number of nitrogen functional groups attached to an aromatic ring is 1. The Bertz CT molecular complexity index is 419. The van der Waals surface area contributed by atoms with Gasteiger partial charge in [0.15, 0.2) is 0 Å². The molecule has 0 aliphatic carbocycles. The van der Waals surface area contributed by atoms with Crippen LogP contribution in [0.3, 0.4) is 0 Å². The van der Waals surface area contributed by atoms with Crippen molar-refractivity contribution >= 4 is 22.3 Å². The van der Waals surface area contributed by atoms with E-state index in [1.54, 1.807) is 0 Å². The third-order valence-corrected chi connectivity index (χ3v) is 4.37. The second-order valence-corrected chi connectivity index (χ2v) is 6.09. The first-order valence-corrected chi connectivity index (χ1v) is 7.53. The van der Waals surface area contributed by atoms with Gasteiger partial charge in [-0.25, -0.2) is 0 Å². The van der Waals surface area contributed by atoms with Gasteiger partial charge >= 0.3 is 0 Å². The first-order chi connectivity index (χ1) is 8.13. The fraction of sp³-hybridized carbons (Fsp3) is 0.727. The molecule has 2 heterocycles. The fourth-order valence-corrected chi connectivity index (χ4v) is 3.28. The van der Waals surface area contributed by atoms with Crippen LogP contribution in [0.15, 0.2) is 0 Å².